The average Bonchev–Trinajstić information content (AvgIpc) is 4.13. The van der Waals surface area contributed by atoms with E-state index in [0.29, 0.717) is 31.6 Å². The van der Waals surface area contributed by atoms with Crippen molar-refractivity contribution < 1.29 is 28.7 Å². The number of benzene rings is 3. The molecule has 3 aromatic heterocycles. The third-order valence-corrected chi connectivity index (χ3v) is 12.9. The Morgan fingerprint density at radius 2 is 1.49 bits per heavy atom. The number of amides is 3. The second kappa shape index (κ2) is 16.9. The van der Waals surface area contributed by atoms with Gasteiger partial charge in [0.05, 0.1) is 61.9 Å². The summed E-state index contributed by atoms with van der Waals surface area (Å²) in [5.41, 5.74) is 7.86. The lowest BCUT2D eigenvalue weighted by Gasteiger charge is -2.31. The van der Waals surface area contributed by atoms with Crippen LogP contribution in [0.4, 0.5) is 9.59 Å². The van der Waals surface area contributed by atoms with Gasteiger partial charge in [-0.15, -0.1) is 0 Å². The molecule has 6 aromatic rings. The smallest absolute Gasteiger partial charge is 0.407 e. The van der Waals surface area contributed by atoms with Gasteiger partial charge >= 0.3 is 12.2 Å². The topological polar surface area (TPSA) is 200 Å². The molecule has 0 bridgehead atoms. The Hall–Kier alpha value is -7.21. The SMILES string of the molecule is COC(=O)N[C@H]1CCc2ccn3c2C1C(=O)C[C@H](c1ncc(-c2ccc(-c4ccc5cc(-c6cnc([C@@H]7C[C@H](C#N)CN7C(=O)[C@@H](NC(=O)OC)C(C)C)[nH]6)ccc5c4)cc2)[nH]1)C3. The number of alkyl carbamates (subject to hydrolysis) is 2. The lowest BCUT2D eigenvalue weighted by Crippen LogP contribution is -2.51. The first-order chi connectivity index (χ1) is 30.5. The van der Waals surface area contributed by atoms with Gasteiger partial charge in [0.2, 0.25) is 5.91 Å². The average molecular weight is 848 g/mol. The van der Waals surface area contributed by atoms with Crippen LogP contribution in [0.1, 0.15) is 73.9 Å². The van der Waals surface area contributed by atoms with E-state index in [0.717, 1.165) is 67.9 Å². The predicted octanol–water partition coefficient (Wildman–Crippen LogP) is 7.39. The maximum absolute atomic E-state index is 13.8. The second-order valence-electron chi connectivity index (χ2n) is 17.1. The molecule has 3 amide bonds. The molecule has 3 aromatic carbocycles. The number of nitriles is 1. The zero-order valence-electron chi connectivity index (χ0n) is 35.6. The van der Waals surface area contributed by atoms with Gasteiger partial charge in [0.1, 0.15) is 23.5 Å². The molecule has 15 heteroatoms. The first kappa shape index (κ1) is 41.2. The Labute approximate surface area is 364 Å². The molecule has 5 heterocycles. The third kappa shape index (κ3) is 7.93. The van der Waals surface area contributed by atoms with Crippen molar-refractivity contribution in [2.45, 2.75) is 76.0 Å². The maximum atomic E-state index is 13.8. The van der Waals surface area contributed by atoms with E-state index in [9.17, 15) is 24.4 Å². The molecule has 63 heavy (non-hydrogen) atoms. The van der Waals surface area contributed by atoms with Crippen LogP contribution >= 0.6 is 0 Å². The molecule has 1 fully saturated rings. The van der Waals surface area contributed by atoms with Crippen molar-refractivity contribution >= 4 is 34.6 Å². The van der Waals surface area contributed by atoms with Crippen LogP contribution in [-0.2, 0) is 32.0 Å². The van der Waals surface area contributed by atoms with Gasteiger partial charge in [-0.3, -0.25) is 9.59 Å². The minimum Gasteiger partial charge on any atom is -0.453 e. The number of ketones is 1. The number of H-pyrrole nitrogens is 2. The highest BCUT2D eigenvalue weighted by Gasteiger charge is 2.43. The molecule has 6 atom stereocenters. The summed E-state index contributed by atoms with van der Waals surface area (Å²) >= 11 is 0. The summed E-state index contributed by atoms with van der Waals surface area (Å²) in [7, 11) is 2.59. The molecule has 1 aliphatic carbocycles. The number of rotatable bonds is 9. The van der Waals surface area contributed by atoms with Crippen molar-refractivity contribution in [3.05, 3.63) is 108 Å². The Morgan fingerprint density at radius 1 is 0.841 bits per heavy atom. The van der Waals surface area contributed by atoms with Crippen LogP contribution in [0, 0.1) is 23.2 Å². The number of Topliss-reactive ketones (excluding diaryl/α,β-unsaturated/α-hetero) is 1. The van der Waals surface area contributed by atoms with Crippen molar-refractivity contribution in [2.24, 2.45) is 11.8 Å². The molecule has 3 aliphatic rings. The number of aromatic nitrogens is 5. The highest BCUT2D eigenvalue weighted by Crippen LogP contribution is 2.41. The molecule has 4 N–H and O–H groups in total. The van der Waals surface area contributed by atoms with Gasteiger partial charge in [-0.05, 0) is 76.4 Å². The minimum atomic E-state index is -0.809. The molecule has 9 rings (SSSR count). The fraction of sp³-hybridized carbons (Fsp3) is 0.354. The fourth-order valence-electron chi connectivity index (χ4n) is 9.63. The first-order valence-electron chi connectivity index (χ1n) is 21.4. The lowest BCUT2D eigenvalue weighted by atomic mass is 9.79. The predicted molar refractivity (Wildman–Crippen MR) is 234 cm³/mol. The van der Waals surface area contributed by atoms with Crippen molar-refractivity contribution in [3.63, 3.8) is 0 Å². The Morgan fingerprint density at radius 3 is 2.21 bits per heavy atom. The summed E-state index contributed by atoms with van der Waals surface area (Å²) in [6, 6.07) is 23.7. The molecule has 322 valence electrons. The molecule has 0 radical (unpaired) electrons. The number of hydrogen-bond donors (Lipinski definition) is 4. The standard InChI is InChI=1S/C48H49N9O6/c1-26(2)42(55-48(61)63-4)46(59)57-24-27(21-49)17-39(57)45-51-23-38(53-45)34-12-11-32-18-31(9-10-33(32)19-34)28-5-7-29(8-6-28)37-22-50-44(52-37)35-20-40(58)41-36(54-47(60)62-3)14-13-30-15-16-56(25-35)43(30)41/h5-12,15-16,18-19,22-23,26-27,35-36,39,41-42H,13-14,17,20,24-25H2,1-4H3,(H,50,52)(H,51,53)(H,54,60)(H,55,61)/t27-,35+,36+,39+,41?,42+/m1/s1. The molecule has 0 saturated carbocycles. The number of imidazole rings is 2. The van der Waals surface area contributed by atoms with Crippen LogP contribution in [0.2, 0.25) is 0 Å². The molecular weight excluding hydrogens is 799 g/mol. The van der Waals surface area contributed by atoms with E-state index < -0.39 is 30.2 Å². The van der Waals surface area contributed by atoms with Gasteiger partial charge in [0, 0.05) is 48.9 Å². The Kier molecular flexibility index (Phi) is 11.1. The van der Waals surface area contributed by atoms with Crippen LogP contribution in [0.5, 0.6) is 0 Å². The van der Waals surface area contributed by atoms with E-state index in [1.807, 2.05) is 26.1 Å². The van der Waals surface area contributed by atoms with E-state index in [4.69, 9.17) is 14.5 Å². The van der Waals surface area contributed by atoms with Gasteiger partial charge < -0.3 is 39.5 Å². The van der Waals surface area contributed by atoms with E-state index in [1.54, 1.807) is 11.1 Å². The van der Waals surface area contributed by atoms with Gasteiger partial charge in [-0.25, -0.2) is 19.6 Å². The van der Waals surface area contributed by atoms with E-state index in [1.165, 1.54) is 14.2 Å². The highest BCUT2D eigenvalue weighted by molar-refractivity contribution is 5.91. The minimum absolute atomic E-state index is 0.0913. The molecular formula is C48H49N9O6. The van der Waals surface area contributed by atoms with Crippen LogP contribution in [-0.4, -0.2) is 86.1 Å². The summed E-state index contributed by atoms with van der Waals surface area (Å²) in [6.07, 6.45) is 6.64. The van der Waals surface area contributed by atoms with Gasteiger partial charge in [0.15, 0.2) is 0 Å². The van der Waals surface area contributed by atoms with Crippen molar-refractivity contribution in [3.8, 4) is 39.7 Å². The molecule has 0 spiro atoms. The summed E-state index contributed by atoms with van der Waals surface area (Å²) in [4.78, 5) is 69.8. The van der Waals surface area contributed by atoms with E-state index in [-0.39, 0.29) is 42.0 Å². The number of ether oxygens (including phenoxy) is 2. The van der Waals surface area contributed by atoms with Crippen LogP contribution < -0.4 is 10.6 Å². The Balaban J connectivity index is 0.887. The van der Waals surface area contributed by atoms with Crippen molar-refractivity contribution in [2.75, 3.05) is 20.8 Å². The van der Waals surface area contributed by atoms with Crippen molar-refractivity contribution in [1.29, 1.82) is 5.26 Å². The molecule has 1 unspecified atom stereocenters. The third-order valence-electron chi connectivity index (χ3n) is 12.9. The normalized spacial score (nSPS) is 21.0. The summed E-state index contributed by atoms with van der Waals surface area (Å²) in [6.45, 7) is 4.56. The number of likely N-dealkylation sites (tertiary alicyclic amines) is 1. The van der Waals surface area contributed by atoms with E-state index in [2.05, 4.69) is 103 Å². The number of carbonyl (C=O) groups excluding carboxylic acids is 4. The first-order valence-corrected chi connectivity index (χ1v) is 21.4. The number of fused-ring (bicyclic) bond motifs is 1. The van der Waals surface area contributed by atoms with Gasteiger partial charge in [0.25, 0.3) is 0 Å². The zero-order valence-corrected chi connectivity index (χ0v) is 35.6. The largest absolute Gasteiger partial charge is 0.453 e. The summed E-state index contributed by atoms with van der Waals surface area (Å²) in [5.74, 6) is 0.0253. The Bertz CT molecular complexity index is 2760. The summed E-state index contributed by atoms with van der Waals surface area (Å²) in [5, 5.41) is 17.5. The summed E-state index contributed by atoms with van der Waals surface area (Å²) < 4.78 is 11.8. The molecule has 2 aliphatic heterocycles. The molecule has 15 nitrogen and oxygen atoms in total. The number of nitrogens with one attached hydrogen (secondary N) is 4. The maximum Gasteiger partial charge on any atom is 0.407 e. The number of carbonyl (C=O) groups is 4. The number of methoxy groups -OCH3 is 2. The van der Waals surface area contributed by atoms with Gasteiger partial charge in [-0.2, -0.15) is 5.26 Å². The highest BCUT2D eigenvalue weighted by atomic mass is 16.5. The van der Waals surface area contributed by atoms with Crippen LogP contribution in [0.25, 0.3) is 44.4 Å². The zero-order chi connectivity index (χ0) is 43.9. The lowest BCUT2D eigenvalue weighted by molar-refractivity contribution is -0.135. The molecule has 1 saturated heterocycles. The number of hydrogen-bond acceptors (Lipinski definition) is 9. The number of aryl methyl sites for hydroxylation is 1. The van der Waals surface area contributed by atoms with Crippen LogP contribution in [0.3, 0.4) is 0 Å². The van der Waals surface area contributed by atoms with E-state index >= 15 is 0 Å². The number of aromatic amines is 2. The quantitative estimate of drug-likeness (QED) is 0.115. The fourth-order valence-corrected chi connectivity index (χ4v) is 9.63. The van der Waals surface area contributed by atoms with Crippen LogP contribution in [0.15, 0.2) is 85.3 Å². The second-order valence-corrected chi connectivity index (χ2v) is 17.1. The monoisotopic (exact) mass is 847 g/mol. The van der Waals surface area contributed by atoms with Crippen molar-refractivity contribution in [1.82, 2.24) is 40.0 Å². The number of nitrogens with zero attached hydrogens (tertiary/aromatic N) is 5. The van der Waals surface area contributed by atoms with Gasteiger partial charge in [-0.1, -0.05) is 62.4 Å².